The van der Waals surface area contributed by atoms with Crippen molar-refractivity contribution in [2.75, 3.05) is 6.54 Å². The minimum absolute atomic E-state index is 0.0302. The minimum atomic E-state index is -3.72. The Balaban J connectivity index is 1.73. The molecular formula is C20H24N2O4S2. The number of aryl methyl sites for hydroxylation is 1. The molecule has 2 amide bonds. The number of hydrogen-bond donors (Lipinski definition) is 2. The van der Waals surface area contributed by atoms with Crippen LogP contribution in [0.2, 0.25) is 0 Å². The van der Waals surface area contributed by atoms with Gasteiger partial charge in [0, 0.05) is 17.5 Å². The molecule has 1 aromatic carbocycles. The van der Waals surface area contributed by atoms with Gasteiger partial charge in [-0.1, -0.05) is 36.6 Å². The largest absolute Gasteiger partial charge is 0.346 e. The van der Waals surface area contributed by atoms with Crippen molar-refractivity contribution < 1.29 is 18.0 Å². The Morgan fingerprint density at radius 3 is 2.39 bits per heavy atom. The monoisotopic (exact) mass is 420 g/mol. The molecular weight excluding hydrogens is 396 g/mol. The van der Waals surface area contributed by atoms with Gasteiger partial charge in [0.25, 0.3) is 0 Å². The summed E-state index contributed by atoms with van der Waals surface area (Å²) >= 11 is 1.31. The highest BCUT2D eigenvalue weighted by Crippen LogP contribution is 2.31. The van der Waals surface area contributed by atoms with Crippen molar-refractivity contribution in [2.45, 2.75) is 48.8 Å². The Labute approximate surface area is 169 Å². The molecule has 0 aliphatic heterocycles. The molecule has 150 valence electrons. The maximum Gasteiger partial charge on any atom is 0.309 e. The molecule has 2 aromatic rings. The summed E-state index contributed by atoms with van der Waals surface area (Å²) < 4.78 is 26.3. The average Bonchev–Trinajstić information content (AvgIpc) is 3.36. The Morgan fingerprint density at radius 2 is 1.79 bits per heavy atom. The average molecular weight is 421 g/mol. The molecule has 1 heterocycles. The first-order valence-corrected chi connectivity index (χ1v) is 11.7. The molecule has 1 fully saturated rings. The Hall–Kier alpha value is -2.19. The van der Waals surface area contributed by atoms with Crippen LogP contribution in [0, 0.1) is 6.92 Å². The van der Waals surface area contributed by atoms with Crippen LogP contribution in [-0.2, 0) is 19.4 Å². The first kappa shape index (κ1) is 20.5. The van der Waals surface area contributed by atoms with E-state index in [1.807, 2.05) is 6.92 Å². The van der Waals surface area contributed by atoms with Crippen molar-refractivity contribution in [3.8, 4) is 0 Å². The first-order chi connectivity index (χ1) is 13.4. The van der Waals surface area contributed by atoms with Crippen molar-refractivity contribution in [2.24, 2.45) is 0 Å². The van der Waals surface area contributed by atoms with E-state index < -0.39 is 26.9 Å². The van der Waals surface area contributed by atoms with Crippen LogP contribution in [0.1, 0.15) is 41.4 Å². The summed E-state index contributed by atoms with van der Waals surface area (Å²) in [4.78, 5) is 25.1. The van der Waals surface area contributed by atoms with E-state index in [-0.39, 0.29) is 17.5 Å². The predicted molar refractivity (Wildman–Crippen MR) is 109 cm³/mol. The van der Waals surface area contributed by atoms with Gasteiger partial charge in [0.05, 0.1) is 4.90 Å². The molecule has 0 bridgehead atoms. The maximum atomic E-state index is 13.2. The van der Waals surface area contributed by atoms with Crippen molar-refractivity contribution >= 4 is 33.0 Å². The first-order valence-electron chi connectivity index (χ1n) is 9.30. The highest BCUT2D eigenvalue weighted by atomic mass is 32.2. The van der Waals surface area contributed by atoms with Gasteiger partial charge in [-0.05, 0) is 43.3 Å². The van der Waals surface area contributed by atoms with Crippen LogP contribution < -0.4 is 10.6 Å². The van der Waals surface area contributed by atoms with Crippen molar-refractivity contribution in [3.63, 3.8) is 0 Å². The molecule has 1 atom stereocenters. The van der Waals surface area contributed by atoms with E-state index in [1.54, 1.807) is 41.8 Å². The summed E-state index contributed by atoms with van der Waals surface area (Å²) in [5, 5.41) is 6.07. The van der Waals surface area contributed by atoms with Crippen molar-refractivity contribution in [3.05, 3.63) is 52.2 Å². The zero-order valence-electron chi connectivity index (χ0n) is 15.7. The Morgan fingerprint density at radius 1 is 1.11 bits per heavy atom. The highest BCUT2D eigenvalue weighted by Gasteiger charge is 2.31. The van der Waals surface area contributed by atoms with Gasteiger partial charge in [-0.2, -0.15) is 0 Å². The number of amides is 2. The molecule has 28 heavy (non-hydrogen) atoms. The third kappa shape index (κ3) is 4.80. The molecule has 3 rings (SSSR count). The van der Waals surface area contributed by atoms with E-state index in [1.165, 1.54) is 11.3 Å². The smallest absolute Gasteiger partial charge is 0.309 e. The molecule has 0 radical (unpaired) electrons. The molecule has 1 saturated carbocycles. The van der Waals surface area contributed by atoms with Gasteiger partial charge in [0.2, 0.25) is 0 Å². The number of hydrogen-bond acceptors (Lipinski definition) is 5. The van der Waals surface area contributed by atoms with E-state index in [9.17, 15) is 18.0 Å². The molecule has 0 unspecified atom stereocenters. The van der Waals surface area contributed by atoms with E-state index in [2.05, 4.69) is 10.6 Å². The predicted octanol–water partition coefficient (Wildman–Crippen LogP) is 2.75. The fourth-order valence-electron chi connectivity index (χ4n) is 3.32. The number of carbonyl (C=O) groups is 2. The molecule has 6 nitrogen and oxygen atoms in total. The van der Waals surface area contributed by atoms with Gasteiger partial charge in [-0.3, -0.25) is 9.59 Å². The normalized spacial score (nSPS) is 15.9. The fraction of sp³-hybridized carbons (Fsp3) is 0.400. The summed E-state index contributed by atoms with van der Waals surface area (Å²) in [6.45, 7) is 1.73. The molecule has 0 saturated heterocycles. The lowest BCUT2D eigenvalue weighted by molar-refractivity contribution is -0.139. The lowest BCUT2D eigenvalue weighted by atomic mass is 10.2. The van der Waals surface area contributed by atoms with Crippen molar-refractivity contribution in [1.29, 1.82) is 0 Å². The second-order valence-electron chi connectivity index (χ2n) is 7.03. The molecule has 8 heteroatoms. The SMILES string of the molecule is Cc1ccc(S(=O)(=O)[C@H](CNC(=O)C(=O)NC2CCCC2)c2cccs2)cc1. The van der Waals surface area contributed by atoms with Gasteiger partial charge in [-0.15, -0.1) is 11.3 Å². The molecule has 0 spiro atoms. The number of rotatable bonds is 6. The summed E-state index contributed by atoms with van der Waals surface area (Å²) in [7, 11) is -3.72. The minimum Gasteiger partial charge on any atom is -0.346 e. The summed E-state index contributed by atoms with van der Waals surface area (Å²) in [5.41, 5.74) is 0.962. The van der Waals surface area contributed by atoms with Gasteiger partial charge >= 0.3 is 11.8 Å². The van der Waals surface area contributed by atoms with Crippen LogP contribution in [0.3, 0.4) is 0 Å². The maximum absolute atomic E-state index is 13.2. The summed E-state index contributed by atoms with van der Waals surface area (Å²) in [6, 6.07) is 10.2. The van der Waals surface area contributed by atoms with Crippen LogP contribution in [-0.4, -0.2) is 32.8 Å². The molecule has 1 aliphatic rings. The number of carbonyl (C=O) groups excluding carboxylic acids is 2. The third-order valence-electron chi connectivity index (χ3n) is 4.93. The zero-order chi connectivity index (χ0) is 20.1. The second-order valence-corrected chi connectivity index (χ2v) is 10.1. The van der Waals surface area contributed by atoms with E-state index >= 15 is 0 Å². The number of sulfone groups is 1. The quantitative estimate of drug-likeness (QED) is 0.703. The van der Waals surface area contributed by atoms with E-state index in [0.29, 0.717) is 4.88 Å². The van der Waals surface area contributed by atoms with Gasteiger partial charge < -0.3 is 10.6 Å². The summed E-state index contributed by atoms with van der Waals surface area (Å²) in [6.07, 6.45) is 3.83. The zero-order valence-corrected chi connectivity index (χ0v) is 17.3. The highest BCUT2D eigenvalue weighted by molar-refractivity contribution is 7.91. The van der Waals surface area contributed by atoms with Gasteiger partial charge in [0.15, 0.2) is 9.84 Å². The Kier molecular flexibility index (Phi) is 6.51. The Bertz CT molecular complexity index is 916. The van der Waals surface area contributed by atoms with Crippen LogP contribution in [0.15, 0.2) is 46.7 Å². The van der Waals surface area contributed by atoms with Crippen LogP contribution in [0.4, 0.5) is 0 Å². The standard InChI is InChI=1S/C20H24N2O4S2/c1-14-8-10-16(11-9-14)28(25,26)18(17-7-4-12-27-17)13-21-19(23)20(24)22-15-5-2-3-6-15/h4,7-12,15,18H,2-3,5-6,13H2,1H3,(H,21,23)(H,22,24)/t18-/m1/s1. The number of benzene rings is 1. The van der Waals surface area contributed by atoms with Crippen LogP contribution >= 0.6 is 11.3 Å². The molecule has 2 N–H and O–H groups in total. The lowest BCUT2D eigenvalue weighted by Gasteiger charge is -2.18. The number of nitrogens with one attached hydrogen (secondary N) is 2. The lowest BCUT2D eigenvalue weighted by Crippen LogP contribution is -2.45. The van der Waals surface area contributed by atoms with Gasteiger partial charge in [0.1, 0.15) is 5.25 Å². The molecule has 1 aliphatic carbocycles. The van der Waals surface area contributed by atoms with E-state index in [4.69, 9.17) is 0 Å². The van der Waals surface area contributed by atoms with Crippen LogP contribution in [0.25, 0.3) is 0 Å². The van der Waals surface area contributed by atoms with Crippen molar-refractivity contribution in [1.82, 2.24) is 10.6 Å². The van der Waals surface area contributed by atoms with Gasteiger partial charge in [-0.25, -0.2) is 8.42 Å². The topological polar surface area (TPSA) is 92.3 Å². The fourth-order valence-corrected chi connectivity index (χ4v) is 6.10. The number of thiophene rings is 1. The third-order valence-corrected chi connectivity index (χ3v) is 8.16. The van der Waals surface area contributed by atoms with Crippen LogP contribution in [0.5, 0.6) is 0 Å². The summed E-state index contributed by atoms with van der Waals surface area (Å²) in [5.74, 6) is -1.50. The molecule has 1 aromatic heterocycles. The second kappa shape index (κ2) is 8.87. The van der Waals surface area contributed by atoms with E-state index in [0.717, 1.165) is 31.2 Å².